The lowest BCUT2D eigenvalue weighted by Crippen LogP contribution is -2.30. The zero-order valence-corrected chi connectivity index (χ0v) is 15.5. The predicted molar refractivity (Wildman–Crippen MR) is 107 cm³/mol. The van der Waals surface area contributed by atoms with E-state index in [2.05, 4.69) is 46.8 Å². The molecule has 0 aliphatic heterocycles. The summed E-state index contributed by atoms with van der Waals surface area (Å²) < 4.78 is 5.56. The summed E-state index contributed by atoms with van der Waals surface area (Å²) in [5, 5.41) is 7.75. The normalized spacial score (nSPS) is 14.9. The molecule has 0 radical (unpaired) electrons. The van der Waals surface area contributed by atoms with Gasteiger partial charge in [0.1, 0.15) is 5.75 Å². The molecule has 1 atom stereocenters. The summed E-state index contributed by atoms with van der Waals surface area (Å²) in [5.41, 5.74) is 3.63. The minimum Gasteiger partial charge on any atom is -0.484 e. The molecule has 140 valence electrons. The second-order valence-corrected chi connectivity index (χ2v) is 7.16. The van der Waals surface area contributed by atoms with Gasteiger partial charge in [-0.05, 0) is 55.2 Å². The topological polar surface area (TPSA) is 66.1 Å². The van der Waals surface area contributed by atoms with Crippen molar-refractivity contribution in [1.29, 1.82) is 0 Å². The van der Waals surface area contributed by atoms with Gasteiger partial charge in [-0.15, -0.1) is 0 Å². The Balaban J connectivity index is 1.30. The first-order chi connectivity index (χ1) is 13.2. The van der Waals surface area contributed by atoms with Crippen LogP contribution in [0.15, 0.2) is 54.7 Å². The lowest BCUT2D eigenvalue weighted by molar-refractivity contribution is -0.123. The highest BCUT2D eigenvalue weighted by Crippen LogP contribution is 2.21. The third-order valence-electron chi connectivity index (χ3n) is 4.98. The lowest BCUT2D eigenvalue weighted by atomic mass is 10.1. The fourth-order valence-electron chi connectivity index (χ4n) is 3.18. The van der Waals surface area contributed by atoms with Gasteiger partial charge in [0.05, 0.1) is 0 Å². The van der Waals surface area contributed by atoms with E-state index in [4.69, 9.17) is 4.74 Å². The van der Waals surface area contributed by atoms with Gasteiger partial charge < -0.3 is 20.4 Å². The Hall–Kier alpha value is -2.79. The summed E-state index contributed by atoms with van der Waals surface area (Å²) >= 11 is 0. The van der Waals surface area contributed by atoms with E-state index in [1.54, 1.807) is 0 Å². The predicted octanol–water partition coefficient (Wildman–Crippen LogP) is 3.68. The Morgan fingerprint density at radius 2 is 2.00 bits per heavy atom. The maximum atomic E-state index is 11.7. The Labute approximate surface area is 159 Å². The Kier molecular flexibility index (Phi) is 5.12. The molecule has 4 rings (SSSR count). The Morgan fingerprint density at radius 1 is 1.19 bits per heavy atom. The third-order valence-corrected chi connectivity index (χ3v) is 4.98. The standard InChI is InChI=1S/C22H25N3O2/c1-15(24-13-17-3-2-4-21-20(17)11-12-23-21)16-5-9-19(10-6-16)27-14-22(26)25-18-7-8-18/h2-6,9-12,15,18,23-24H,7-8,13-14H2,1H3,(H,25,26). The number of carbonyl (C=O) groups excluding carboxylic acids is 1. The van der Waals surface area contributed by atoms with E-state index in [1.165, 1.54) is 16.5 Å². The number of amides is 1. The number of aromatic amines is 1. The minimum absolute atomic E-state index is 0.0458. The van der Waals surface area contributed by atoms with Gasteiger partial charge in [-0.3, -0.25) is 4.79 Å². The molecule has 0 saturated heterocycles. The van der Waals surface area contributed by atoms with Gasteiger partial charge in [0.25, 0.3) is 5.91 Å². The fourth-order valence-corrected chi connectivity index (χ4v) is 3.18. The first-order valence-corrected chi connectivity index (χ1v) is 9.49. The van der Waals surface area contributed by atoms with Crippen molar-refractivity contribution in [2.45, 2.75) is 38.4 Å². The summed E-state index contributed by atoms with van der Waals surface area (Å²) in [4.78, 5) is 14.9. The second kappa shape index (κ2) is 7.84. The smallest absolute Gasteiger partial charge is 0.258 e. The molecule has 3 N–H and O–H groups in total. The Morgan fingerprint density at radius 3 is 2.78 bits per heavy atom. The number of aromatic nitrogens is 1. The molecule has 0 spiro atoms. The molecule has 2 aromatic carbocycles. The number of benzene rings is 2. The molecule has 0 bridgehead atoms. The zero-order chi connectivity index (χ0) is 18.6. The summed E-state index contributed by atoms with van der Waals surface area (Å²) in [6.45, 7) is 3.02. The van der Waals surface area contributed by atoms with E-state index in [9.17, 15) is 4.79 Å². The fraction of sp³-hybridized carbons (Fsp3) is 0.318. The van der Waals surface area contributed by atoms with Crippen molar-refractivity contribution in [3.05, 3.63) is 65.9 Å². The van der Waals surface area contributed by atoms with Crippen LogP contribution in [0.5, 0.6) is 5.75 Å². The van der Waals surface area contributed by atoms with E-state index in [0.717, 1.165) is 24.9 Å². The van der Waals surface area contributed by atoms with E-state index < -0.39 is 0 Å². The SMILES string of the molecule is CC(NCc1cccc2[nH]ccc12)c1ccc(OCC(=O)NC2CC2)cc1. The number of hydrogen-bond donors (Lipinski definition) is 3. The van der Waals surface area contributed by atoms with Crippen LogP contribution in [0.3, 0.4) is 0 Å². The van der Waals surface area contributed by atoms with Crippen LogP contribution in [0.4, 0.5) is 0 Å². The van der Waals surface area contributed by atoms with Crippen LogP contribution in [-0.2, 0) is 11.3 Å². The second-order valence-electron chi connectivity index (χ2n) is 7.16. The first-order valence-electron chi connectivity index (χ1n) is 9.49. The molecule has 1 saturated carbocycles. The molecule has 1 heterocycles. The van der Waals surface area contributed by atoms with E-state index in [0.29, 0.717) is 11.8 Å². The molecule has 1 amide bonds. The van der Waals surface area contributed by atoms with E-state index >= 15 is 0 Å². The Bertz CT molecular complexity index is 913. The number of fused-ring (bicyclic) bond motifs is 1. The largest absolute Gasteiger partial charge is 0.484 e. The maximum Gasteiger partial charge on any atom is 0.258 e. The summed E-state index contributed by atoms with van der Waals surface area (Å²) in [6, 6.07) is 16.9. The van der Waals surface area contributed by atoms with Crippen LogP contribution in [0.2, 0.25) is 0 Å². The molecule has 1 aliphatic rings. The van der Waals surface area contributed by atoms with Crippen molar-refractivity contribution in [3.63, 3.8) is 0 Å². The summed E-state index contributed by atoms with van der Waals surface area (Å²) in [7, 11) is 0. The lowest BCUT2D eigenvalue weighted by Gasteiger charge is -2.15. The summed E-state index contributed by atoms with van der Waals surface area (Å²) in [5.74, 6) is 0.671. The van der Waals surface area contributed by atoms with Crippen LogP contribution >= 0.6 is 0 Å². The van der Waals surface area contributed by atoms with Crippen molar-refractivity contribution in [1.82, 2.24) is 15.6 Å². The minimum atomic E-state index is -0.0458. The van der Waals surface area contributed by atoms with Gasteiger partial charge in [-0.25, -0.2) is 0 Å². The molecular weight excluding hydrogens is 338 g/mol. The monoisotopic (exact) mass is 363 g/mol. The highest BCUT2D eigenvalue weighted by atomic mass is 16.5. The molecule has 5 heteroatoms. The van der Waals surface area contributed by atoms with E-state index in [-0.39, 0.29) is 18.6 Å². The van der Waals surface area contributed by atoms with Crippen LogP contribution in [0, 0.1) is 0 Å². The van der Waals surface area contributed by atoms with Gasteiger partial charge in [0.2, 0.25) is 0 Å². The van der Waals surface area contributed by atoms with Crippen molar-refractivity contribution in [3.8, 4) is 5.75 Å². The molecule has 3 aromatic rings. The van der Waals surface area contributed by atoms with Crippen LogP contribution in [-0.4, -0.2) is 23.5 Å². The van der Waals surface area contributed by atoms with Crippen molar-refractivity contribution >= 4 is 16.8 Å². The number of rotatable bonds is 8. The molecule has 1 unspecified atom stereocenters. The van der Waals surface area contributed by atoms with Crippen molar-refractivity contribution in [2.75, 3.05) is 6.61 Å². The molecule has 1 aromatic heterocycles. The first kappa shape index (κ1) is 17.6. The van der Waals surface area contributed by atoms with Crippen molar-refractivity contribution in [2.24, 2.45) is 0 Å². The molecule has 27 heavy (non-hydrogen) atoms. The number of hydrogen-bond acceptors (Lipinski definition) is 3. The quantitative estimate of drug-likeness (QED) is 0.572. The molecule has 1 fully saturated rings. The zero-order valence-electron chi connectivity index (χ0n) is 15.5. The van der Waals surface area contributed by atoms with Gasteiger partial charge in [0, 0.05) is 35.7 Å². The third kappa shape index (κ3) is 4.49. The average Bonchev–Trinajstić information content (AvgIpc) is 3.36. The average molecular weight is 363 g/mol. The highest BCUT2D eigenvalue weighted by Gasteiger charge is 2.23. The number of nitrogens with one attached hydrogen (secondary N) is 3. The van der Waals surface area contributed by atoms with Crippen LogP contribution < -0.4 is 15.4 Å². The van der Waals surface area contributed by atoms with Gasteiger partial charge >= 0.3 is 0 Å². The number of carbonyl (C=O) groups is 1. The number of H-pyrrole nitrogens is 1. The van der Waals surface area contributed by atoms with Gasteiger partial charge in [-0.2, -0.15) is 0 Å². The van der Waals surface area contributed by atoms with Crippen LogP contribution in [0.1, 0.15) is 36.9 Å². The summed E-state index contributed by atoms with van der Waals surface area (Å²) in [6.07, 6.45) is 4.15. The van der Waals surface area contributed by atoms with Crippen LogP contribution in [0.25, 0.3) is 10.9 Å². The van der Waals surface area contributed by atoms with Gasteiger partial charge in [0.15, 0.2) is 6.61 Å². The van der Waals surface area contributed by atoms with Crippen molar-refractivity contribution < 1.29 is 9.53 Å². The van der Waals surface area contributed by atoms with E-state index in [1.807, 2.05) is 30.5 Å². The molecular formula is C22H25N3O2. The molecule has 5 nitrogen and oxygen atoms in total. The highest BCUT2D eigenvalue weighted by molar-refractivity contribution is 5.82. The maximum absolute atomic E-state index is 11.7. The van der Waals surface area contributed by atoms with Gasteiger partial charge in [-0.1, -0.05) is 24.3 Å². The molecule has 1 aliphatic carbocycles. The number of ether oxygens (including phenoxy) is 1.